The Kier molecular flexibility index (Phi) is 4.43. The Morgan fingerprint density at radius 1 is 1.11 bits per heavy atom. The smallest absolute Gasteiger partial charge is 0.0592 e. The van der Waals surface area contributed by atoms with Gasteiger partial charge in [0.2, 0.25) is 0 Å². The quantitative estimate of drug-likeness (QED) is 0.853. The molecule has 19 heavy (non-hydrogen) atoms. The van der Waals surface area contributed by atoms with E-state index in [1.54, 1.807) is 0 Å². The van der Waals surface area contributed by atoms with Crippen LogP contribution < -0.4 is 5.32 Å². The number of nitrogens with one attached hydrogen (secondary N) is 1. The average Bonchev–Trinajstić information content (AvgIpc) is 2.73. The predicted octanol–water partition coefficient (Wildman–Crippen LogP) is 4.68. The van der Waals surface area contributed by atoms with E-state index in [0.717, 1.165) is 6.54 Å². The number of benzene rings is 1. The van der Waals surface area contributed by atoms with Gasteiger partial charge in [0.05, 0.1) is 6.04 Å². The van der Waals surface area contributed by atoms with Crippen LogP contribution in [0.5, 0.6) is 0 Å². The van der Waals surface area contributed by atoms with Crippen molar-refractivity contribution in [1.82, 2.24) is 5.32 Å². The largest absolute Gasteiger partial charge is 0.306 e. The first-order valence-electron chi connectivity index (χ1n) is 6.89. The minimum atomic E-state index is 0.317. The minimum Gasteiger partial charge on any atom is -0.306 e. The summed E-state index contributed by atoms with van der Waals surface area (Å²) in [7, 11) is 0. The van der Waals surface area contributed by atoms with E-state index in [9.17, 15) is 0 Å². The zero-order valence-electron chi connectivity index (χ0n) is 12.5. The molecule has 0 amide bonds. The third kappa shape index (κ3) is 2.90. The molecule has 1 atom stereocenters. The normalized spacial score (nSPS) is 12.7. The molecule has 2 aromatic rings. The highest BCUT2D eigenvalue weighted by molar-refractivity contribution is 7.10. The van der Waals surface area contributed by atoms with Crippen LogP contribution in [0.25, 0.3) is 0 Å². The molecule has 0 bridgehead atoms. The summed E-state index contributed by atoms with van der Waals surface area (Å²) in [6.07, 6.45) is 0. The summed E-state index contributed by atoms with van der Waals surface area (Å²) in [4.78, 5) is 1.41. The maximum absolute atomic E-state index is 3.65. The molecular weight excluding hydrogens is 250 g/mol. The summed E-state index contributed by atoms with van der Waals surface area (Å²) in [5, 5.41) is 5.84. The molecule has 1 aromatic heterocycles. The van der Waals surface area contributed by atoms with Crippen LogP contribution >= 0.6 is 11.3 Å². The molecule has 0 saturated carbocycles. The molecule has 0 saturated heterocycles. The molecule has 102 valence electrons. The summed E-state index contributed by atoms with van der Waals surface area (Å²) in [6.45, 7) is 12.0. The number of thiophene rings is 1. The minimum absolute atomic E-state index is 0.317. The third-order valence-electron chi connectivity index (χ3n) is 3.64. The van der Waals surface area contributed by atoms with E-state index in [2.05, 4.69) is 63.5 Å². The van der Waals surface area contributed by atoms with Gasteiger partial charge in [-0.1, -0.05) is 24.6 Å². The lowest BCUT2D eigenvalue weighted by Gasteiger charge is -2.23. The lowest BCUT2D eigenvalue weighted by Crippen LogP contribution is -2.24. The Hall–Kier alpha value is -1.12. The van der Waals surface area contributed by atoms with Gasteiger partial charge in [0.1, 0.15) is 0 Å². The van der Waals surface area contributed by atoms with Crippen molar-refractivity contribution < 1.29 is 0 Å². The molecule has 2 rings (SSSR count). The van der Waals surface area contributed by atoms with Gasteiger partial charge >= 0.3 is 0 Å². The number of hydrogen-bond acceptors (Lipinski definition) is 2. The van der Waals surface area contributed by atoms with Crippen molar-refractivity contribution in [3.05, 3.63) is 56.3 Å². The highest BCUT2D eigenvalue weighted by atomic mass is 32.1. The van der Waals surface area contributed by atoms with Gasteiger partial charge in [-0.25, -0.2) is 0 Å². The zero-order valence-corrected chi connectivity index (χ0v) is 13.3. The molecule has 1 aromatic carbocycles. The van der Waals surface area contributed by atoms with Gasteiger partial charge in [-0.15, -0.1) is 11.3 Å². The van der Waals surface area contributed by atoms with Gasteiger partial charge in [0.25, 0.3) is 0 Å². The molecule has 1 N–H and O–H groups in total. The Bertz CT molecular complexity index is 545. The van der Waals surface area contributed by atoms with Crippen molar-refractivity contribution in [1.29, 1.82) is 0 Å². The van der Waals surface area contributed by atoms with Gasteiger partial charge in [0, 0.05) is 4.88 Å². The van der Waals surface area contributed by atoms with Gasteiger partial charge < -0.3 is 5.32 Å². The molecule has 0 aliphatic rings. The Balaban J connectivity index is 2.54. The molecule has 0 radical (unpaired) electrons. The molecule has 0 aliphatic carbocycles. The first-order chi connectivity index (χ1) is 9.04. The zero-order chi connectivity index (χ0) is 14.0. The standard InChI is InChI=1S/C17H23NS/c1-6-18-17(15-7-8-19-14(15)5)16-12(3)9-11(2)10-13(16)4/h7-10,17-18H,6H2,1-5H3. The monoisotopic (exact) mass is 273 g/mol. The SMILES string of the molecule is CCNC(c1ccsc1C)c1c(C)cc(C)cc1C. The van der Waals surface area contributed by atoms with Crippen molar-refractivity contribution in [2.45, 2.75) is 40.7 Å². The second kappa shape index (κ2) is 5.89. The summed E-state index contributed by atoms with van der Waals surface area (Å²) in [5.41, 5.74) is 6.97. The number of aryl methyl sites for hydroxylation is 4. The first kappa shape index (κ1) is 14.3. The van der Waals surface area contributed by atoms with Crippen LogP contribution in [-0.2, 0) is 0 Å². The fourth-order valence-corrected chi connectivity index (χ4v) is 3.65. The molecule has 1 heterocycles. The van der Waals surface area contributed by atoms with E-state index in [1.165, 1.54) is 32.7 Å². The first-order valence-corrected chi connectivity index (χ1v) is 7.77. The number of rotatable bonds is 4. The Morgan fingerprint density at radius 3 is 2.21 bits per heavy atom. The second-order valence-corrected chi connectivity index (χ2v) is 6.36. The van der Waals surface area contributed by atoms with Gasteiger partial charge in [-0.05, 0) is 67.9 Å². The predicted molar refractivity (Wildman–Crippen MR) is 85.2 cm³/mol. The third-order valence-corrected chi connectivity index (χ3v) is 4.51. The number of hydrogen-bond donors (Lipinski definition) is 1. The average molecular weight is 273 g/mol. The molecule has 2 heteroatoms. The summed E-state index contributed by atoms with van der Waals surface area (Å²) < 4.78 is 0. The molecule has 0 spiro atoms. The van der Waals surface area contributed by atoms with E-state index < -0.39 is 0 Å². The Labute approximate surface area is 120 Å². The van der Waals surface area contributed by atoms with Crippen LogP contribution in [0.4, 0.5) is 0 Å². The van der Waals surface area contributed by atoms with Crippen molar-refractivity contribution in [2.24, 2.45) is 0 Å². The van der Waals surface area contributed by atoms with Gasteiger partial charge in [-0.3, -0.25) is 0 Å². The van der Waals surface area contributed by atoms with Crippen molar-refractivity contribution in [3.63, 3.8) is 0 Å². The van der Waals surface area contributed by atoms with Crippen LogP contribution in [-0.4, -0.2) is 6.54 Å². The van der Waals surface area contributed by atoms with E-state index in [1.807, 2.05) is 11.3 Å². The fourth-order valence-electron chi connectivity index (χ4n) is 2.91. The van der Waals surface area contributed by atoms with Crippen LogP contribution in [0, 0.1) is 27.7 Å². The van der Waals surface area contributed by atoms with E-state index in [-0.39, 0.29) is 0 Å². The highest BCUT2D eigenvalue weighted by Crippen LogP contribution is 2.32. The van der Waals surface area contributed by atoms with Crippen LogP contribution in [0.2, 0.25) is 0 Å². The molecule has 1 unspecified atom stereocenters. The maximum atomic E-state index is 3.65. The van der Waals surface area contributed by atoms with Gasteiger partial charge in [-0.2, -0.15) is 0 Å². The maximum Gasteiger partial charge on any atom is 0.0592 e. The fraction of sp³-hybridized carbons (Fsp3) is 0.412. The van der Waals surface area contributed by atoms with Crippen molar-refractivity contribution in [3.8, 4) is 0 Å². The van der Waals surface area contributed by atoms with E-state index in [4.69, 9.17) is 0 Å². The van der Waals surface area contributed by atoms with Crippen LogP contribution in [0.15, 0.2) is 23.6 Å². The lowest BCUT2D eigenvalue weighted by atomic mass is 9.90. The van der Waals surface area contributed by atoms with Gasteiger partial charge in [0.15, 0.2) is 0 Å². The molecule has 0 aliphatic heterocycles. The molecule has 1 nitrogen and oxygen atoms in total. The Morgan fingerprint density at radius 2 is 1.74 bits per heavy atom. The lowest BCUT2D eigenvalue weighted by molar-refractivity contribution is 0.624. The van der Waals surface area contributed by atoms with Crippen LogP contribution in [0.1, 0.15) is 45.7 Å². The summed E-state index contributed by atoms with van der Waals surface area (Å²) in [6, 6.07) is 7.14. The van der Waals surface area contributed by atoms with Crippen LogP contribution in [0.3, 0.4) is 0 Å². The van der Waals surface area contributed by atoms with Crippen molar-refractivity contribution >= 4 is 11.3 Å². The summed E-state index contributed by atoms with van der Waals surface area (Å²) >= 11 is 1.83. The topological polar surface area (TPSA) is 12.0 Å². The summed E-state index contributed by atoms with van der Waals surface area (Å²) in [5.74, 6) is 0. The molecule has 0 fully saturated rings. The second-order valence-electron chi connectivity index (χ2n) is 5.24. The molecular formula is C17H23NS. The van der Waals surface area contributed by atoms with E-state index >= 15 is 0 Å². The van der Waals surface area contributed by atoms with E-state index in [0.29, 0.717) is 6.04 Å². The van der Waals surface area contributed by atoms with Crippen molar-refractivity contribution in [2.75, 3.05) is 6.54 Å². The highest BCUT2D eigenvalue weighted by Gasteiger charge is 2.19.